The fraction of sp³-hybridized carbons (Fsp3) is 0.583. The summed E-state index contributed by atoms with van der Waals surface area (Å²) in [4.78, 5) is 4.07. The minimum atomic E-state index is -3.42. The van der Waals surface area contributed by atoms with Crippen molar-refractivity contribution in [1.82, 2.24) is 9.29 Å². The molecular formula is C12H19N3O2S. The molecule has 6 heteroatoms. The number of nitrogen functional groups attached to an aromatic ring is 1. The summed E-state index contributed by atoms with van der Waals surface area (Å²) in [5.41, 5.74) is 5.47. The summed E-state index contributed by atoms with van der Waals surface area (Å²) in [5, 5.41) is 0. The maximum absolute atomic E-state index is 12.4. The second-order valence-electron chi connectivity index (χ2n) is 5.03. The third-order valence-corrected chi connectivity index (χ3v) is 5.54. The van der Waals surface area contributed by atoms with Gasteiger partial charge in [-0.1, -0.05) is 13.8 Å². The molecular weight excluding hydrogens is 250 g/mol. The zero-order valence-electron chi connectivity index (χ0n) is 10.7. The fourth-order valence-corrected chi connectivity index (χ4v) is 3.64. The Bertz CT molecular complexity index is 513. The van der Waals surface area contributed by atoms with Gasteiger partial charge in [0.15, 0.2) is 0 Å². The highest BCUT2D eigenvalue weighted by molar-refractivity contribution is 7.89. The Morgan fingerprint density at radius 2 is 2.06 bits per heavy atom. The Kier molecular flexibility index (Phi) is 3.59. The van der Waals surface area contributed by atoms with Gasteiger partial charge in [-0.15, -0.1) is 0 Å². The monoisotopic (exact) mass is 269 g/mol. The summed E-state index contributed by atoms with van der Waals surface area (Å²) in [6, 6.07) is 3.03. The number of pyridine rings is 1. The van der Waals surface area contributed by atoms with Gasteiger partial charge in [-0.3, -0.25) is 0 Å². The van der Waals surface area contributed by atoms with Crippen molar-refractivity contribution in [2.24, 2.45) is 11.8 Å². The van der Waals surface area contributed by atoms with Crippen LogP contribution in [0.25, 0.3) is 0 Å². The highest BCUT2D eigenvalue weighted by atomic mass is 32.2. The van der Waals surface area contributed by atoms with Crippen LogP contribution in [0, 0.1) is 11.8 Å². The highest BCUT2D eigenvalue weighted by Gasteiger charge is 2.31. The Morgan fingerprint density at radius 1 is 1.33 bits per heavy atom. The first-order valence-corrected chi connectivity index (χ1v) is 7.57. The number of piperidine rings is 1. The third kappa shape index (κ3) is 2.49. The molecule has 5 nitrogen and oxygen atoms in total. The lowest BCUT2D eigenvalue weighted by Gasteiger charge is -2.34. The van der Waals surface area contributed by atoms with Crippen molar-refractivity contribution in [1.29, 1.82) is 0 Å². The van der Waals surface area contributed by atoms with Gasteiger partial charge in [-0.25, -0.2) is 13.4 Å². The van der Waals surface area contributed by atoms with Crippen LogP contribution < -0.4 is 5.73 Å². The molecule has 0 saturated carbocycles. The first-order chi connectivity index (χ1) is 8.41. The van der Waals surface area contributed by atoms with E-state index in [2.05, 4.69) is 18.8 Å². The molecule has 2 atom stereocenters. The summed E-state index contributed by atoms with van der Waals surface area (Å²) in [6.45, 7) is 5.42. The Morgan fingerprint density at radius 3 is 2.61 bits per heavy atom. The van der Waals surface area contributed by atoms with Gasteiger partial charge in [-0.05, 0) is 30.4 Å². The number of nitrogens with zero attached hydrogens (tertiary/aromatic N) is 2. The molecule has 1 aromatic rings. The minimum Gasteiger partial charge on any atom is -0.384 e. The molecule has 1 aliphatic rings. The zero-order chi connectivity index (χ0) is 13.3. The largest absolute Gasteiger partial charge is 0.384 e. The van der Waals surface area contributed by atoms with Crippen LogP contribution in [-0.2, 0) is 10.0 Å². The molecule has 0 aromatic carbocycles. The van der Waals surface area contributed by atoms with Crippen LogP contribution in [0.1, 0.15) is 20.3 Å². The molecule has 0 amide bonds. The summed E-state index contributed by atoms with van der Waals surface area (Å²) in [5.74, 6) is 1.28. The standard InChI is InChI=1S/C12H19N3O2S/c1-9-5-6-15(8-10(9)2)18(16,17)11-3-4-12(13)14-7-11/h3-4,7,9-10H,5-6,8H2,1-2H3,(H2,13,14). The van der Waals surface area contributed by atoms with Crippen LogP contribution in [0.15, 0.2) is 23.2 Å². The molecule has 2 N–H and O–H groups in total. The van der Waals surface area contributed by atoms with Crippen LogP contribution in [0.4, 0.5) is 5.82 Å². The van der Waals surface area contributed by atoms with Gasteiger partial charge in [0.25, 0.3) is 0 Å². The van der Waals surface area contributed by atoms with E-state index in [0.29, 0.717) is 30.7 Å². The molecule has 0 spiro atoms. The zero-order valence-corrected chi connectivity index (χ0v) is 11.5. The lowest BCUT2D eigenvalue weighted by atomic mass is 9.90. The maximum Gasteiger partial charge on any atom is 0.244 e. The van der Waals surface area contributed by atoms with Gasteiger partial charge in [0, 0.05) is 19.3 Å². The first kappa shape index (κ1) is 13.3. The molecule has 100 valence electrons. The van der Waals surface area contributed by atoms with E-state index in [4.69, 9.17) is 5.73 Å². The number of hydrogen-bond donors (Lipinski definition) is 1. The van der Waals surface area contributed by atoms with E-state index >= 15 is 0 Å². The van der Waals surface area contributed by atoms with Gasteiger partial charge in [-0.2, -0.15) is 4.31 Å². The van der Waals surface area contributed by atoms with E-state index < -0.39 is 10.0 Å². The van der Waals surface area contributed by atoms with E-state index in [1.165, 1.54) is 18.3 Å². The molecule has 0 radical (unpaired) electrons. The number of rotatable bonds is 2. The fourth-order valence-electron chi connectivity index (χ4n) is 2.14. The normalized spacial score (nSPS) is 26.1. The molecule has 0 bridgehead atoms. The van der Waals surface area contributed by atoms with Crippen LogP contribution in [-0.4, -0.2) is 30.8 Å². The highest BCUT2D eigenvalue weighted by Crippen LogP contribution is 2.27. The van der Waals surface area contributed by atoms with E-state index in [1.807, 2.05) is 0 Å². The molecule has 1 fully saturated rings. The molecule has 2 heterocycles. The minimum absolute atomic E-state index is 0.221. The van der Waals surface area contributed by atoms with E-state index in [-0.39, 0.29) is 4.90 Å². The summed E-state index contributed by atoms with van der Waals surface area (Å²) < 4.78 is 26.3. The van der Waals surface area contributed by atoms with Crippen molar-refractivity contribution in [2.75, 3.05) is 18.8 Å². The number of nitrogens with two attached hydrogens (primary N) is 1. The van der Waals surface area contributed by atoms with Crippen molar-refractivity contribution >= 4 is 15.8 Å². The van der Waals surface area contributed by atoms with Crippen LogP contribution >= 0.6 is 0 Å². The summed E-state index contributed by atoms with van der Waals surface area (Å²) >= 11 is 0. The molecule has 1 aromatic heterocycles. The topological polar surface area (TPSA) is 76.3 Å². The van der Waals surface area contributed by atoms with Gasteiger partial charge < -0.3 is 5.73 Å². The van der Waals surface area contributed by atoms with Crippen molar-refractivity contribution in [2.45, 2.75) is 25.2 Å². The molecule has 2 rings (SSSR count). The Hall–Kier alpha value is -1.14. The Balaban J connectivity index is 2.24. The summed E-state index contributed by atoms with van der Waals surface area (Å²) in [6.07, 6.45) is 2.23. The van der Waals surface area contributed by atoms with E-state index in [1.54, 1.807) is 4.31 Å². The molecule has 0 aliphatic carbocycles. The van der Waals surface area contributed by atoms with E-state index in [0.717, 1.165) is 6.42 Å². The van der Waals surface area contributed by atoms with Crippen molar-refractivity contribution < 1.29 is 8.42 Å². The number of hydrogen-bond acceptors (Lipinski definition) is 4. The second-order valence-corrected chi connectivity index (χ2v) is 6.96. The maximum atomic E-state index is 12.4. The third-order valence-electron chi connectivity index (χ3n) is 3.69. The van der Waals surface area contributed by atoms with E-state index in [9.17, 15) is 8.42 Å². The lowest BCUT2D eigenvalue weighted by molar-refractivity contribution is 0.212. The van der Waals surface area contributed by atoms with Gasteiger partial charge in [0.2, 0.25) is 10.0 Å². The lowest BCUT2D eigenvalue weighted by Crippen LogP contribution is -2.42. The summed E-state index contributed by atoms with van der Waals surface area (Å²) in [7, 11) is -3.42. The SMILES string of the molecule is CC1CCN(S(=O)(=O)c2ccc(N)nc2)CC1C. The molecule has 18 heavy (non-hydrogen) atoms. The molecule has 1 saturated heterocycles. The van der Waals surface area contributed by atoms with Crippen molar-refractivity contribution in [3.63, 3.8) is 0 Å². The molecule has 2 unspecified atom stereocenters. The average Bonchev–Trinajstić information content (AvgIpc) is 2.33. The average molecular weight is 269 g/mol. The van der Waals surface area contributed by atoms with Gasteiger partial charge >= 0.3 is 0 Å². The quantitative estimate of drug-likeness (QED) is 0.878. The van der Waals surface area contributed by atoms with Crippen LogP contribution in [0.2, 0.25) is 0 Å². The van der Waals surface area contributed by atoms with Crippen molar-refractivity contribution in [3.8, 4) is 0 Å². The van der Waals surface area contributed by atoms with Crippen LogP contribution in [0.5, 0.6) is 0 Å². The predicted molar refractivity (Wildman–Crippen MR) is 70.4 cm³/mol. The first-order valence-electron chi connectivity index (χ1n) is 6.13. The number of sulfonamides is 1. The number of aromatic nitrogens is 1. The number of anilines is 1. The van der Waals surface area contributed by atoms with Gasteiger partial charge in [0.05, 0.1) is 0 Å². The van der Waals surface area contributed by atoms with Crippen LogP contribution in [0.3, 0.4) is 0 Å². The second kappa shape index (κ2) is 4.85. The smallest absolute Gasteiger partial charge is 0.244 e. The predicted octanol–water partition coefficient (Wildman–Crippen LogP) is 1.33. The van der Waals surface area contributed by atoms with Gasteiger partial charge in [0.1, 0.15) is 10.7 Å². The molecule has 1 aliphatic heterocycles. The Labute approximate surface area is 108 Å². The van der Waals surface area contributed by atoms with Crippen molar-refractivity contribution in [3.05, 3.63) is 18.3 Å².